The number of hydrogen-bond acceptors (Lipinski definition) is 3. The average Bonchev–Trinajstić information content (AvgIpc) is 3.19. The third-order valence-electron chi connectivity index (χ3n) is 8.03. The molecule has 0 bridgehead atoms. The summed E-state index contributed by atoms with van der Waals surface area (Å²) in [5.41, 5.74) is 7.02. The molecule has 4 aliphatic heterocycles. The molecule has 0 unspecified atom stereocenters. The van der Waals surface area contributed by atoms with Crippen molar-refractivity contribution in [3.8, 4) is 0 Å². The van der Waals surface area contributed by atoms with Gasteiger partial charge in [-0.15, -0.1) is 0 Å². The van der Waals surface area contributed by atoms with E-state index in [9.17, 15) is 0 Å². The van der Waals surface area contributed by atoms with Crippen LogP contribution >= 0.6 is 0 Å². The van der Waals surface area contributed by atoms with Crippen LogP contribution in [0.5, 0.6) is 0 Å². The van der Waals surface area contributed by atoms with E-state index in [0.29, 0.717) is 0 Å². The van der Waals surface area contributed by atoms with Crippen molar-refractivity contribution in [2.45, 2.75) is 44.1 Å². The fourth-order valence-corrected chi connectivity index (χ4v) is 12.1. The van der Waals surface area contributed by atoms with Gasteiger partial charge in [0.15, 0.2) is 0 Å². The molecule has 0 aromatic heterocycles. The summed E-state index contributed by atoms with van der Waals surface area (Å²) < 4.78 is 5.62. The van der Waals surface area contributed by atoms with Crippen LogP contribution in [0, 0.1) is 0 Å². The van der Waals surface area contributed by atoms with Gasteiger partial charge in [0.05, 0.1) is 0 Å². The third-order valence-corrected chi connectivity index (χ3v) is 15.4. The first-order valence-electron chi connectivity index (χ1n) is 12.8. The van der Waals surface area contributed by atoms with E-state index in [1.165, 1.54) is 79.9 Å². The summed E-state index contributed by atoms with van der Waals surface area (Å²) in [5, 5.41) is 0. The normalized spacial score (nSPS) is 20.3. The SMILES string of the molecule is CCCC[N+]1=CC=NC1=C1c2ccc(N3CCC3)c[c]2[Ge]([CH3])([CH3])[c]2cc(N3CCC3)ccc21. The minimum atomic E-state index is -2.51. The van der Waals surface area contributed by atoms with E-state index in [0.717, 1.165) is 12.4 Å². The molecule has 4 aliphatic rings. The van der Waals surface area contributed by atoms with Crippen molar-refractivity contribution >= 4 is 51.4 Å². The van der Waals surface area contributed by atoms with Crippen LogP contribution in [0.15, 0.2) is 47.2 Å². The molecule has 2 aromatic rings. The van der Waals surface area contributed by atoms with Crippen molar-refractivity contribution in [1.82, 2.24) is 0 Å². The van der Waals surface area contributed by atoms with Gasteiger partial charge in [0.2, 0.25) is 0 Å². The average molecular weight is 500 g/mol. The molecule has 0 saturated carbocycles. The van der Waals surface area contributed by atoms with E-state index >= 15 is 0 Å². The summed E-state index contributed by atoms with van der Waals surface area (Å²) >= 11 is -2.51. The van der Waals surface area contributed by atoms with Crippen LogP contribution in [0.4, 0.5) is 11.4 Å². The van der Waals surface area contributed by atoms with Gasteiger partial charge in [0.25, 0.3) is 0 Å². The number of nitrogens with zero attached hydrogens (tertiary/aromatic N) is 4. The molecule has 6 rings (SSSR count). The first-order chi connectivity index (χ1) is 16.1. The number of unbranched alkanes of at least 4 members (excludes halogenated alkanes) is 1. The molecule has 0 N–H and O–H groups in total. The van der Waals surface area contributed by atoms with E-state index < -0.39 is 13.3 Å². The maximum atomic E-state index is 4.93. The Balaban J connectivity index is 1.57. The van der Waals surface area contributed by atoms with Crippen LogP contribution in [0.2, 0.25) is 11.5 Å². The van der Waals surface area contributed by atoms with Crippen LogP contribution in [0.25, 0.3) is 5.57 Å². The van der Waals surface area contributed by atoms with Crippen molar-refractivity contribution in [1.29, 1.82) is 0 Å². The maximum absolute atomic E-state index is 4.93. The molecule has 2 aromatic carbocycles. The number of aliphatic imine (C=N–C) groups is 1. The van der Waals surface area contributed by atoms with Gasteiger partial charge < -0.3 is 0 Å². The minimum absolute atomic E-state index is 1.03. The molecule has 33 heavy (non-hydrogen) atoms. The monoisotopic (exact) mass is 501 g/mol. The summed E-state index contributed by atoms with van der Waals surface area (Å²) in [6.07, 6.45) is 9.16. The van der Waals surface area contributed by atoms with Gasteiger partial charge in [0.1, 0.15) is 0 Å². The molecule has 2 fully saturated rings. The molecule has 0 atom stereocenters. The molecule has 0 radical (unpaired) electrons. The second kappa shape index (κ2) is 8.16. The van der Waals surface area contributed by atoms with E-state index in [2.05, 4.69) is 75.4 Å². The Morgan fingerprint density at radius 3 is 1.94 bits per heavy atom. The fourth-order valence-electron chi connectivity index (χ4n) is 5.65. The molecule has 4 heterocycles. The second-order valence-electron chi connectivity index (χ2n) is 10.4. The van der Waals surface area contributed by atoms with Crippen molar-refractivity contribution in [2.75, 3.05) is 42.5 Å². The summed E-state index contributed by atoms with van der Waals surface area (Å²) in [5.74, 6) is 6.33. The molecule has 0 amide bonds. The Bertz CT molecular complexity index is 1130. The molecular formula is C28H35GeN4+. The van der Waals surface area contributed by atoms with Gasteiger partial charge in [-0.05, 0) is 0 Å². The Kier molecular flexibility index (Phi) is 5.24. The second-order valence-corrected chi connectivity index (χ2v) is 19.5. The van der Waals surface area contributed by atoms with Gasteiger partial charge >= 0.3 is 201 Å². The van der Waals surface area contributed by atoms with Gasteiger partial charge in [-0.1, -0.05) is 0 Å². The molecule has 2 saturated heterocycles. The Labute approximate surface area is 200 Å². The van der Waals surface area contributed by atoms with Gasteiger partial charge in [-0.2, -0.15) is 0 Å². The number of benzene rings is 2. The number of hydrogen-bond donors (Lipinski definition) is 0. The van der Waals surface area contributed by atoms with Gasteiger partial charge in [0, 0.05) is 0 Å². The topological polar surface area (TPSA) is 21.9 Å². The standard InChI is InChI=1S/C28H35GeN4/c1-4-5-13-33-18-12-30-28(33)27-23-10-8-21(31-14-6-15-31)19-25(23)29(2,3)26-20-22(9-11-24(26)27)32-16-7-17-32/h8-12,18-20H,4-7,13-17H2,1-3H3/q+1. The Morgan fingerprint density at radius 1 is 0.879 bits per heavy atom. The number of anilines is 2. The zero-order valence-corrected chi connectivity index (χ0v) is 22.4. The first kappa shape index (κ1) is 21.2. The molecule has 5 heteroatoms. The van der Waals surface area contributed by atoms with Crippen molar-refractivity contribution in [2.24, 2.45) is 4.99 Å². The summed E-state index contributed by atoms with van der Waals surface area (Å²) in [4.78, 5) is 10.0. The number of rotatable bonds is 5. The van der Waals surface area contributed by atoms with E-state index in [4.69, 9.17) is 4.99 Å². The molecule has 170 valence electrons. The first-order valence-corrected chi connectivity index (χ1v) is 19.1. The molecular weight excluding hydrogens is 465 g/mol. The van der Waals surface area contributed by atoms with Crippen molar-refractivity contribution in [3.63, 3.8) is 0 Å². The third kappa shape index (κ3) is 3.40. The fraction of sp³-hybridized carbons (Fsp3) is 0.429. The summed E-state index contributed by atoms with van der Waals surface area (Å²) in [6.45, 7) is 8.07. The van der Waals surface area contributed by atoms with Crippen LogP contribution in [-0.4, -0.2) is 63.0 Å². The van der Waals surface area contributed by atoms with Gasteiger partial charge in [-0.25, -0.2) is 0 Å². The van der Waals surface area contributed by atoms with Crippen LogP contribution in [0.1, 0.15) is 43.7 Å². The van der Waals surface area contributed by atoms with Crippen molar-refractivity contribution in [3.05, 3.63) is 53.3 Å². The van der Waals surface area contributed by atoms with Crippen molar-refractivity contribution < 1.29 is 4.58 Å². The Morgan fingerprint density at radius 2 is 1.45 bits per heavy atom. The van der Waals surface area contributed by atoms with Gasteiger partial charge in [-0.3, -0.25) is 0 Å². The Hall–Kier alpha value is -2.34. The molecule has 0 aliphatic carbocycles. The zero-order valence-electron chi connectivity index (χ0n) is 20.3. The predicted molar refractivity (Wildman–Crippen MR) is 144 cm³/mol. The molecule has 4 nitrogen and oxygen atoms in total. The van der Waals surface area contributed by atoms with E-state index in [1.807, 2.05) is 6.21 Å². The summed E-state index contributed by atoms with van der Waals surface area (Å²) in [6, 6.07) is 14.6. The van der Waals surface area contributed by atoms with Crippen LogP contribution in [0.3, 0.4) is 0 Å². The number of fused-ring (bicyclic) bond motifs is 2. The predicted octanol–water partition coefficient (Wildman–Crippen LogP) is 3.93. The zero-order chi connectivity index (χ0) is 22.6. The quantitative estimate of drug-likeness (QED) is 0.459. The van der Waals surface area contributed by atoms with Crippen LogP contribution in [-0.2, 0) is 0 Å². The van der Waals surface area contributed by atoms with Crippen LogP contribution < -0.4 is 18.6 Å². The molecule has 0 spiro atoms. The summed E-state index contributed by atoms with van der Waals surface area (Å²) in [7, 11) is 0. The van der Waals surface area contributed by atoms with E-state index in [-0.39, 0.29) is 0 Å². The van der Waals surface area contributed by atoms with E-state index in [1.54, 1.807) is 8.79 Å².